The van der Waals surface area contributed by atoms with Crippen LogP contribution in [0.2, 0.25) is 0 Å². The second-order valence-corrected chi connectivity index (χ2v) is 6.89. The lowest BCUT2D eigenvalue weighted by atomic mass is 9.94. The van der Waals surface area contributed by atoms with E-state index >= 15 is 0 Å². The second kappa shape index (κ2) is 8.14. The molecule has 1 fully saturated rings. The lowest BCUT2D eigenvalue weighted by Crippen LogP contribution is -2.36. The summed E-state index contributed by atoms with van der Waals surface area (Å²) in [6.07, 6.45) is 3.26. The lowest BCUT2D eigenvalue weighted by molar-refractivity contribution is -0.160. The van der Waals surface area contributed by atoms with E-state index in [1.54, 1.807) is 31.4 Å². The van der Waals surface area contributed by atoms with Crippen molar-refractivity contribution in [2.75, 3.05) is 7.11 Å². The topological polar surface area (TPSA) is 53.4 Å². The molecule has 1 saturated carbocycles. The van der Waals surface area contributed by atoms with Gasteiger partial charge in [-0.1, -0.05) is 18.6 Å². The first-order valence-electron chi connectivity index (χ1n) is 8.21. The molecule has 1 aromatic carbocycles. The van der Waals surface area contributed by atoms with Gasteiger partial charge in [-0.15, -0.1) is 0 Å². The van der Waals surface area contributed by atoms with Crippen LogP contribution in [-0.2, 0) is 20.8 Å². The molecule has 0 bridgehead atoms. The summed E-state index contributed by atoms with van der Waals surface area (Å²) < 4.78 is 38.1. The number of thioether (sulfide) groups is 1. The van der Waals surface area contributed by atoms with Crippen molar-refractivity contribution in [3.63, 3.8) is 0 Å². The molecular formula is C17H20F2N2O3S. The number of imidazole rings is 1. The van der Waals surface area contributed by atoms with Crippen molar-refractivity contribution >= 4 is 28.8 Å². The molecule has 0 radical (unpaired) electrons. The largest absolute Gasteiger partial charge is 0.458 e. The smallest absolute Gasteiger partial charge is 0.326 e. The summed E-state index contributed by atoms with van der Waals surface area (Å²) in [7, 11) is 1.61. The van der Waals surface area contributed by atoms with Crippen molar-refractivity contribution < 1.29 is 23.0 Å². The van der Waals surface area contributed by atoms with Gasteiger partial charge in [0.1, 0.15) is 12.6 Å². The number of halogens is 2. The maximum atomic E-state index is 12.8. The number of hydrogen-bond acceptors (Lipinski definition) is 5. The third kappa shape index (κ3) is 4.30. The van der Waals surface area contributed by atoms with Crippen molar-refractivity contribution in [2.24, 2.45) is 0 Å². The van der Waals surface area contributed by atoms with Crippen LogP contribution in [-0.4, -0.2) is 40.6 Å². The molecule has 8 heteroatoms. The van der Waals surface area contributed by atoms with Crippen LogP contribution in [0.5, 0.6) is 0 Å². The van der Waals surface area contributed by atoms with Gasteiger partial charge in [-0.05, 0) is 43.2 Å². The lowest BCUT2D eigenvalue weighted by Gasteiger charge is -2.30. The molecule has 3 rings (SSSR count). The molecule has 1 aliphatic rings. The Bertz CT molecular complexity index is 738. The number of para-hydroxylation sites is 2. The average molecular weight is 370 g/mol. The predicted molar refractivity (Wildman–Crippen MR) is 90.7 cm³/mol. The van der Waals surface area contributed by atoms with Crippen molar-refractivity contribution in [3.05, 3.63) is 24.3 Å². The molecule has 5 nitrogen and oxygen atoms in total. The fourth-order valence-corrected chi connectivity index (χ4v) is 3.78. The number of benzene rings is 1. The van der Waals surface area contributed by atoms with Crippen LogP contribution in [0.3, 0.4) is 0 Å². The first kappa shape index (κ1) is 18.1. The van der Waals surface area contributed by atoms with Crippen LogP contribution < -0.4 is 0 Å². The number of hydrogen-bond donors (Lipinski definition) is 0. The zero-order chi connectivity index (χ0) is 17.8. The van der Waals surface area contributed by atoms with Gasteiger partial charge in [-0.25, -0.2) is 4.98 Å². The number of nitrogens with zero attached hydrogens (tertiary/aromatic N) is 2. The van der Waals surface area contributed by atoms with Gasteiger partial charge in [-0.3, -0.25) is 4.79 Å². The Hall–Kier alpha value is -1.67. The number of rotatable bonds is 6. The Morgan fingerprint density at radius 3 is 2.76 bits per heavy atom. The van der Waals surface area contributed by atoms with E-state index in [2.05, 4.69) is 4.98 Å². The second-order valence-electron chi connectivity index (χ2n) is 5.93. The molecule has 1 aliphatic carbocycles. The van der Waals surface area contributed by atoms with Gasteiger partial charge in [0.25, 0.3) is 5.76 Å². The molecule has 1 aromatic heterocycles. The standard InChI is InChI=1S/C17H20F2N2O3S/c1-23-13-8-4-5-9-14(13)24-15(22)10-21-12-7-3-2-6-11(12)20-17(21)25-16(18)19/h2-3,6-7,13-14,16H,4-5,8-10H2,1H3/t13-,14-/m1/s1. The number of ether oxygens (including phenoxy) is 2. The first-order valence-corrected chi connectivity index (χ1v) is 9.09. The summed E-state index contributed by atoms with van der Waals surface area (Å²) >= 11 is 0.330. The van der Waals surface area contributed by atoms with Crippen LogP contribution >= 0.6 is 11.8 Å². The minimum Gasteiger partial charge on any atom is -0.458 e. The quantitative estimate of drug-likeness (QED) is 0.571. The van der Waals surface area contributed by atoms with Gasteiger partial charge in [0.2, 0.25) is 0 Å². The van der Waals surface area contributed by atoms with Gasteiger partial charge < -0.3 is 14.0 Å². The Kier molecular flexibility index (Phi) is 5.90. The molecule has 0 unspecified atom stereocenters. The van der Waals surface area contributed by atoms with E-state index < -0.39 is 11.7 Å². The molecule has 1 heterocycles. The monoisotopic (exact) mass is 370 g/mol. The zero-order valence-corrected chi connectivity index (χ0v) is 14.7. The number of carbonyl (C=O) groups excluding carboxylic acids is 1. The number of aromatic nitrogens is 2. The van der Waals surface area contributed by atoms with Crippen LogP contribution in [0.1, 0.15) is 25.7 Å². The van der Waals surface area contributed by atoms with Crippen molar-refractivity contribution in [3.8, 4) is 0 Å². The van der Waals surface area contributed by atoms with Crippen molar-refractivity contribution in [1.29, 1.82) is 0 Å². The highest BCUT2D eigenvalue weighted by Gasteiger charge is 2.29. The minimum absolute atomic E-state index is 0.104. The van der Waals surface area contributed by atoms with E-state index in [1.807, 2.05) is 0 Å². The van der Waals surface area contributed by atoms with Crippen LogP contribution in [0.4, 0.5) is 8.78 Å². The minimum atomic E-state index is -2.61. The molecular weight excluding hydrogens is 350 g/mol. The van der Waals surface area contributed by atoms with Gasteiger partial charge in [0.15, 0.2) is 5.16 Å². The third-order valence-electron chi connectivity index (χ3n) is 4.33. The summed E-state index contributed by atoms with van der Waals surface area (Å²) in [5.41, 5.74) is 1.21. The van der Waals surface area contributed by atoms with Crippen LogP contribution in [0, 0.1) is 0 Å². The molecule has 2 atom stereocenters. The fraction of sp³-hybridized carbons (Fsp3) is 0.529. The van der Waals surface area contributed by atoms with E-state index in [-0.39, 0.29) is 23.9 Å². The number of carbonyl (C=O) groups is 1. The summed E-state index contributed by atoms with van der Waals surface area (Å²) in [6.45, 7) is -0.150. The van der Waals surface area contributed by atoms with E-state index in [1.165, 1.54) is 4.57 Å². The highest BCUT2D eigenvalue weighted by atomic mass is 32.2. The highest BCUT2D eigenvalue weighted by molar-refractivity contribution is 7.99. The Morgan fingerprint density at radius 2 is 2.04 bits per heavy atom. The van der Waals surface area contributed by atoms with E-state index in [0.29, 0.717) is 22.8 Å². The SMILES string of the molecule is CO[C@@H]1CCCC[C@H]1OC(=O)Cn1c(SC(F)F)nc2ccccc21. The molecule has 0 saturated heterocycles. The summed E-state index contributed by atoms with van der Waals surface area (Å²) in [4.78, 5) is 16.6. The van der Waals surface area contributed by atoms with E-state index in [9.17, 15) is 13.6 Å². The van der Waals surface area contributed by atoms with Crippen LogP contribution in [0.15, 0.2) is 29.4 Å². The third-order valence-corrected chi connectivity index (χ3v) is 5.03. The van der Waals surface area contributed by atoms with E-state index in [0.717, 1.165) is 25.7 Å². The number of methoxy groups -OCH3 is 1. The van der Waals surface area contributed by atoms with Gasteiger partial charge >= 0.3 is 5.97 Å². The molecule has 0 spiro atoms. The Balaban J connectivity index is 1.78. The fourth-order valence-electron chi connectivity index (χ4n) is 3.18. The number of fused-ring (bicyclic) bond motifs is 1. The molecule has 0 amide bonds. The van der Waals surface area contributed by atoms with Crippen molar-refractivity contribution in [1.82, 2.24) is 9.55 Å². The summed E-state index contributed by atoms with van der Waals surface area (Å²) in [5.74, 6) is -3.07. The molecule has 0 N–H and O–H groups in total. The first-order chi connectivity index (χ1) is 12.1. The van der Waals surface area contributed by atoms with Gasteiger partial charge in [0.05, 0.1) is 17.1 Å². The molecule has 136 valence electrons. The summed E-state index contributed by atoms with van der Waals surface area (Å²) in [6, 6.07) is 7.04. The van der Waals surface area contributed by atoms with Gasteiger partial charge in [0, 0.05) is 7.11 Å². The molecule has 2 aromatic rings. The van der Waals surface area contributed by atoms with Crippen LogP contribution in [0.25, 0.3) is 11.0 Å². The average Bonchev–Trinajstić information content (AvgIpc) is 2.92. The Labute approximate surface area is 148 Å². The van der Waals surface area contributed by atoms with E-state index in [4.69, 9.17) is 9.47 Å². The predicted octanol–water partition coefficient (Wildman–Crippen LogP) is 3.85. The number of alkyl halides is 2. The zero-order valence-electron chi connectivity index (χ0n) is 13.9. The summed E-state index contributed by atoms with van der Waals surface area (Å²) in [5, 5.41) is 0.111. The normalized spacial score (nSPS) is 21.0. The molecule has 0 aliphatic heterocycles. The van der Waals surface area contributed by atoms with Crippen molar-refractivity contribution in [2.45, 2.75) is 55.3 Å². The van der Waals surface area contributed by atoms with Gasteiger partial charge in [-0.2, -0.15) is 8.78 Å². The highest BCUT2D eigenvalue weighted by Crippen LogP contribution is 2.29. The number of esters is 1. The molecule has 25 heavy (non-hydrogen) atoms. The maximum Gasteiger partial charge on any atom is 0.326 e. The maximum absolute atomic E-state index is 12.8. The Morgan fingerprint density at radius 1 is 1.32 bits per heavy atom.